The number of hydrogen-bond donors (Lipinski definition) is 2. The Kier molecular flexibility index (Phi) is 2.42. The van der Waals surface area contributed by atoms with Crippen LogP contribution in [-0.4, -0.2) is 17.0 Å². The van der Waals surface area contributed by atoms with E-state index in [4.69, 9.17) is 0 Å². The highest BCUT2D eigenvalue weighted by molar-refractivity contribution is 7.13. The van der Waals surface area contributed by atoms with Crippen molar-refractivity contribution in [1.82, 2.24) is 15.3 Å². The number of hydrogen-bond acceptors (Lipinski definition) is 3. The predicted molar refractivity (Wildman–Crippen MR) is 54.7 cm³/mol. The van der Waals surface area contributed by atoms with Gasteiger partial charge in [0.1, 0.15) is 5.82 Å². The number of nitrogens with zero attached hydrogens (tertiary/aromatic N) is 1. The van der Waals surface area contributed by atoms with Crippen LogP contribution in [0.25, 0.3) is 10.6 Å². The summed E-state index contributed by atoms with van der Waals surface area (Å²) in [6.45, 7) is 0.783. The van der Waals surface area contributed by atoms with Crippen molar-refractivity contribution in [3.63, 3.8) is 0 Å². The quantitative estimate of drug-likeness (QED) is 0.781. The molecular weight excluding hydrogens is 182 g/mol. The van der Waals surface area contributed by atoms with Crippen molar-refractivity contribution in [3.8, 4) is 10.6 Å². The summed E-state index contributed by atoms with van der Waals surface area (Å²) < 4.78 is 0. The molecule has 0 aliphatic carbocycles. The Hall–Kier alpha value is -1.13. The van der Waals surface area contributed by atoms with Crippen molar-refractivity contribution < 1.29 is 0 Å². The highest BCUT2D eigenvalue weighted by Crippen LogP contribution is 2.22. The molecule has 0 bridgehead atoms. The van der Waals surface area contributed by atoms with Crippen molar-refractivity contribution in [2.45, 2.75) is 6.54 Å². The minimum atomic E-state index is 0.783. The zero-order valence-electron chi connectivity index (χ0n) is 7.37. The van der Waals surface area contributed by atoms with Gasteiger partial charge in [0.2, 0.25) is 0 Å². The summed E-state index contributed by atoms with van der Waals surface area (Å²) in [6.07, 6.45) is 1.87. The minimum absolute atomic E-state index is 0.783. The maximum atomic E-state index is 4.25. The third-order valence-electron chi connectivity index (χ3n) is 1.76. The Morgan fingerprint density at radius 3 is 3.23 bits per heavy atom. The van der Waals surface area contributed by atoms with E-state index >= 15 is 0 Å². The van der Waals surface area contributed by atoms with Crippen LogP contribution in [0.2, 0.25) is 0 Å². The fourth-order valence-corrected chi connectivity index (χ4v) is 1.87. The lowest BCUT2D eigenvalue weighted by atomic mass is 10.4. The van der Waals surface area contributed by atoms with Crippen LogP contribution >= 0.6 is 11.3 Å². The van der Waals surface area contributed by atoms with E-state index in [1.54, 1.807) is 11.3 Å². The first kappa shape index (κ1) is 8.47. The Morgan fingerprint density at radius 2 is 2.54 bits per heavy atom. The summed E-state index contributed by atoms with van der Waals surface area (Å²) in [7, 11) is 1.91. The molecule has 2 rings (SSSR count). The van der Waals surface area contributed by atoms with Crippen LogP contribution < -0.4 is 5.32 Å². The molecule has 2 aromatic rings. The van der Waals surface area contributed by atoms with Crippen LogP contribution in [-0.2, 0) is 6.54 Å². The van der Waals surface area contributed by atoms with Crippen LogP contribution in [0.5, 0.6) is 0 Å². The summed E-state index contributed by atoms with van der Waals surface area (Å²) in [5, 5.41) is 5.12. The monoisotopic (exact) mass is 193 g/mol. The van der Waals surface area contributed by atoms with Gasteiger partial charge >= 0.3 is 0 Å². The fraction of sp³-hybridized carbons (Fsp3) is 0.222. The molecule has 2 N–H and O–H groups in total. The van der Waals surface area contributed by atoms with E-state index in [-0.39, 0.29) is 0 Å². The molecule has 0 saturated heterocycles. The van der Waals surface area contributed by atoms with Crippen molar-refractivity contribution in [2.75, 3.05) is 7.05 Å². The molecule has 4 heteroatoms. The first-order chi connectivity index (χ1) is 6.40. The summed E-state index contributed by atoms with van der Waals surface area (Å²) in [5.74, 6) is 0.978. The standard InChI is InChI=1S/C9H11N3S/c1-10-6-9-11-5-7(12-9)8-3-2-4-13-8/h2-5,10H,6H2,1H3,(H,11,12). The molecule has 3 nitrogen and oxygen atoms in total. The van der Waals surface area contributed by atoms with Gasteiger partial charge in [0.25, 0.3) is 0 Å². The van der Waals surface area contributed by atoms with E-state index < -0.39 is 0 Å². The molecule has 0 aromatic carbocycles. The average Bonchev–Trinajstić information content (AvgIpc) is 2.70. The molecule has 0 aliphatic rings. The normalized spacial score (nSPS) is 10.5. The lowest BCUT2D eigenvalue weighted by Crippen LogP contribution is -2.06. The topological polar surface area (TPSA) is 40.7 Å². The average molecular weight is 193 g/mol. The van der Waals surface area contributed by atoms with Crippen molar-refractivity contribution in [1.29, 1.82) is 0 Å². The molecule has 0 unspecified atom stereocenters. The molecule has 2 aromatic heterocycles. The van der Waals surface area contributed by atoms with Gasteiger partial charge in [-0.15, -0.1) is 11.3 Å². The molecular formula is C9H11N3S. The molecule has 2 heterocycles. The van der Waals surface area contributed by atoms with E-state index in [2.05, 4.69) is 26.7 Å². The van der Waals surface area contributed by atoms with Gasteiger partial charge < -0.3 is 10.3 Å². The maximum Gasteiger partial charge on any atom is 0.120 e. The molecule has 0 amide bonds. The zero-order chi connectivity index (χ0) is 9.10. The fourth-order valence-electron chi connectivity index (χ4n) is 1.18. The Balaban J connectivity index is 2.23. The number of H-pyrrole nitrogens is 1. The molecule has 0 radical (unpaired) electrons. The van der Waals surface area contributed by atoms with E-state index in [1.165, 1.54) is 4.88 Å². The van der Waals surface area contributed by atoms with Gasteiger partial charge in [-0.3, -0.25) is 0 Å². The van der Waals surface area contributed by atoms with Crippen molar-refractivity contribution >= 4 is 11.3 Å². The largest absolute Gasteiger partial charge is 0.340 e. The minimum Gasteiger partial charge on any atom is -0.340 e. The molecule has 0 aliphatic heterocycles. The van der Waals surface area contributed by atoms with Gasteiger partial charge in [0.05, 0.1) is 23.3 Å². The summed E-state index contributed by atoms with van der Waals surface area (Å²) in [5.41, 5.74) is 1.10. The molecule has 13 heavy (non-hydrogen) atoms. The lowest BCUT2D eigenvalue weighted by Gasteiger charge is -1.92. The van der Waals surface area contributed by atoms with Gasteiger partial charge in [0, 0.05) is 0 Å². The Bertz CT molecular complexity index is 364. The first-order valence-electron chi connectivity index (χ1n) is 4.12. The number of aromatic nitrogens is 2. The van der Waals surface area contributed by atoms with Gasteiger partial charge in [0.15, 0.2) is 0 Å². The van der Waals surface area contributed by atoms with Gasteiger partial charge in [-0.25, -0.2) is 4.98 Å². The summed E-state index contributed by atoms with van der Waals surface area (Å²) >= 11 is 1.72. The Morgan fingerprint density at radius 1 is 1.62 bits per heavy atom. The number of thiophene rings is 1. The Labute approximate surface area is 80.8 Å². The van der Waals surface area contributed by atoms with E-state index in [0.717, 1.165) is 18.1 Å². The third-order valence-corrected chi connectivity index (χ3v) is 2.66. The van der Waals surface area contributed by atoms with Gasteiger partial charge in [-0.1, -0.05) is 6.07 Å². The lowest BCUT2D eigenvalue weighted by molar-refractivity contribution is 0.772. The van der Waals surface area contributed by atoms with Crippen molar-refractivity contribution in [2.24, 2.45) is 0 Å². The highest BCUT2D eigenvalue weighted by atomic mass is 32.1. The van der Waals surface area contributed by atoms with Gasteiger partial charge in [-0.05, 0) is 18.5 Å². The van der Waals surface area contributed by atoms with Crippen LogP contribution in [0.3, 0.4) is 0 Å². The highest BCUT2D eigenvalue weighted by Gasteiger charge is 2.02. The second-order valence-corrected chi connectivity index (χ2v) is 3.70. The van der Waals surface area contributed by atoms with E-state index in [1.807, 2.05) is 19.3 Å². The second kappa shape index (κ2) is 3.72. The van der Waals surface area contributed by atoms with Crippen LogP contribution in [0.1, 0.15) is 5.82 Å². The summed E-state index contributed by atoms with van der Waals surface area (Å²) in [4.78, 5) is 8.74. The van der Waals surface area contributed by atoms with Crippen LogP contribution in [0.15, 0.2) is 23.7 Å². The predicted octanol–water partition coefficient (Wildman–Crippen LogP) is 1.86. The molecule has 68 valence electrons. The zero-order valence-corrected chi connectivity index (χ0v) is 8.19. The van der Waals surface area contributed by atoms with E-state index in [9.17, 15) is 0 Å². The van der Waals surface area contributed by atoms with Crippen molar-refractivity contribution in [3.05, 3.63) is 29.5 Å². The number of rotatable bonds is 3. The van der Waals surface area contributed by atoms with Gasteiger partial charge in [-0.2, -0.15) is 0 Å². The number of aromatic amines is 1. The maximum absolute atomic E-state index is 4.25. The molecule has 0 fully saturated rings. The molecule has 0 saturated carbocycles. The molecule has 0 atom stereocenters. The number of imidazole rings is 1. The second-order valence-electron chi connectivity index (χ2n) is 2.75. The van der Waals surface area contributed by atoms with Crippen LogP contribution in [0.4, 0.5) is 0 Å². The SMILES string of the molecule is CNCc1ncc(-c2cccs2)[nH]1. The smallest absolute Gasteiger partial charge is 0.120 e. The molecule has 0 spiro atoms. The first-order valence-corrected chi connectivity index (χ1v) is 5.00. The summed E-state index contributed by atoms with van der Waals surface area (Å²) in [6, 6.07) is 4.12. The number of nitrogens with one attached hydrogen (secondary N) is 2. The van der Waals surface area contributed by atoms with E-state index in [0.29, 0.717) is 0 Å². The third kappa shape index (κ3) is 1.79. The van der Waals surface area contributed by atoms with Crippen LogP contribution in [0, 0.1) is 0 Å².